The Morgan fingerprint density at radius 1 is 1.00 bits per heavy atom. The summed E-state index contributed by atoms with van der Waals surface area (Å²) in [7, 11) is 1.63. The normalized spacial score (nSPS) is 11.9. The van der Waals surface area contributed by atoms with Crippen LogP contribution in [0.15, 0.2) is 77.9 Å². The molecule has 0 aliphatic heterocycles. The summed E-state index contributed by atoms with van der Waals surface area (Å²) in [5.41, 5.74) is 12.3. The van der Waals surface area contributed by atoms with E-state index in [4.69, 9.17) is 20.4 Å². The molecule has 3 N–H and O–H groups in total. The quantitative estimate of drug-likeness (QED) is 0.282. The molecule has 0 bridgehead atoms. The number of nitrogens with one attached hydrogen (secondary N) is 1. The summed E-state index contributed by atoms with van der Waals surface area (Å²) in [6.07, 6.45) is 2.37. The van der Waals surface area contributed by atoms with Crippen LogP contribution >= 0.6 is 0 Å². The van der Waals surface area contributed by atoms with E-state index in [1.54, 1.807) is 13.3 Å². The van der Waals surface area contributed by atoms with Crippen LogP contribution in [-0.4, -0.2) is 40.4 Å². The van der Waals surface area contributed by atoms with Gasteiger partial charge in [-0.25, -0.2) is 9.97 Å². The number of hydrogen-bond donors (Lipinski definition) is 2. The Bertz CT molecular complexity index is 1660. The van der Waals surface area contributed by atoms with Gasteiger partial charge >= 0.3 is 0 Å². The van der Waals surface area contributed by atoms with Gasteiger partial charge in [-0.15, -0.1) is 0 Å². The molecule has 0 aliphatic carbocycles. The first-order valence-corrected chi connectivity index (χ1v) is 12.9. The molecule has 0 unspecified atom stereocenters. The summed E-state index contributed by atoms with van der Waals surface area (Å²) < 4.78 is 6.70. The van der Waals surface area contributed by atoms with Crippen molar-refractivity contribution in [3.05, 3.63) is 95.1 Å². The first-order valence-electron chi connectivity index (χ1n) is 12.9. The fraction of sp³-hybridized carbons (Fsp3) is 0.226. The molecule has 0 saturated heterocycles. The zero-order valence-corrected chi connectivity index (χ0v) is 22.6. The van der Waals surface area contributed by atoms with Gasteiger partial charge in [0, 0.05) is 6.54 Å². The summed E-state index contributed by atoms with van der Waals surface area (Å²) >= 11 is 0. The Hall–Kier alpha value is -4.72. The molecule has 8 heteroatoms. The second-order valence-electron chi connectivity index (χ2n) is 10.4. The Balaban J connectivity index is 1.47. The maximum absolute atomic E-state index is 13.4. The number of anilines is 1. The van der Waals surface area contributed by atoms with Crippen LogP contribution in [-0.2, 0) is 11.8 Å². The standard InChI is InChI=1S/C31H32N6O2/c1-31(2,3)22-13-9-21(10-14-22)19-34-37-28(32)26(27-29(37)36-25-8-6-5-7-24(25)35-27)30(38)33-18-17-20-11-15-23(39-4)16-12-20/h5-16,19H,17-18,32H2,1-4H3,(H,33,38). The monoisotopic (exact) mass is 520 g/mol. The van der Waals surface area contributed by atoms with Crippen molar-refractivity contribution in [2.24, 2.45) is 5.10 Å². The predicted octanol–water partition coefficient (Wildman–Crippen LogP) is 5.33. The molecule has 0 fully saturated rings. The van der Waals surface area contributed by atoms with Gasteiger partial charge in [-0.3, -0.25) is 4.79 Å². The average molecular weight is 521 g/mol. The van der Waals surface area contributed by atoms with E-state index in [0.717, 1.165) is 16.9 Å². The third-order valence-electron chi connectivity index (χ3n) is 6.66. The van der Waals surface area contributed by atoms with Crippen molar-refractivity contribution in [1.82, 2.24) is 20.0 Å². The number of carbonyl (C=O) groups excluding carboxylic acids is 1. The number of rotatable bonds is 7. The minimum atomic E-state index is -0.320. The summed E-state index contributed by atoms with van der Waals surface area (Å²) in [6.45, 7) is 6.96. The zero-order chi connectivity index (χ0) is 27.6. The summed E-state index contributed by atoms with van der Waals surface area (Å²) in [6, 6.07) is 23.5. The number of benzene rings is 3. The number of hydrogen-bond acceptors (Lipinski definition) is 6. The van der Waals surface area contributed by atoms with Gasteiger partial charge in [0.1, 0.15) is 22.6 Å². The van der Waals surface area contributed by atoms with E-state index < -0.39 is 0 Å². The van der Waals surface area contributed by atoms with Crippen LogP contribution in [0.1, 0.15) is 47.8 Å². The van der Waals surface area contributed by atoms with Gasteiger partial charge in [-0.2, -0.15) is 9.78 Å². The van der Waals surface area contributed by atoms with Crippen molar-refractivity contribution in [2.45, 2.75) is 32.6 Å². The van der Waals surface area contributed by atoms with Gasteiger partial charge in [0.25, 0.3) is 5.91 Å². The molecule has 5 aromatic rings. The van der Waals surface area contributed by atoms with Crippen LogP contribution in [0.25, 0.3) is 22.2 Å². The molecule has 39 heavy (non-hydrogen) atoms. The Morgan fingerprint density at radius 3 is 2.31 bits per heavy atom. The number of fused-ring (bicyclic) bond motifs is 2. The highest BCUT2D eigenvalue weighted by atomic mass is 16.5. The Morgan fingerprint density at radius 2 is 1.67 bits per heavy atom. The van der Waals surface area contributed by atoms with Gasteiger partial charge in [0.05, 0.1) is 24.4 Å². The SMILES string of the molecule is COc1ccc(CCNC(=O)c2c(N)n(N=Cc3ccc(C(C)(C)C)cc3)c3nc4ccccc4nc23)cc1. The van der Waals surface area contributed by atoms with Gasteiger partial charge in [0.15, 0.2) is 5.65 Å². The maximum Gasteiger partial charge on any atom is 0.257 e. The van der Waals surface area contributed by atoms with Crippen LogP contribution in [0, 0.1) is 0 Å². The third-order valence-corrected chi connectivity index (χ3v) is 6.66. The van der Waals surface area contributed by atoms with E-state index in [-0.39, 0.29) is 22.7 Å². The van der Waals surface area contributed by atoms with Crippen molar-refractivity contribution in [3.63, 3.8) is 0 Å². The van der Waals surface area contributed by atoms with Gasteiger partial charge in [0.2, 0.25) is 0 Å². The summed E-state index contributed by atoms with van der Waals surface area (Å²) in [5.74, 6) is 0.656. The van der Waals surface area contributed by atoms with Crippen LogP contribution in [0.4, 0.5) is 5.82 Å². The van der Waals surface area contributed by atoms with Gasteiger partial charge in [-0.1, -0.05) is 69.3 Å². The van der Waals surface area contributed by atoms with Gasteiger partial charge < -0.3 is 15.8 Å². The lowest BCUT2D eigenvalue weighted by Gasteiger charge is -2.18. The van der Waals surface area contributed by atoms with Crippen molar-refractivity contribution < 1.29 is 9.53 Å². The number of nitrogens with zero attached hydrogens (tertiary/aromatic N) is 4. The number of amides is 1. The minimum absolute atomic E-state index is 0.0585. The topological polar surface area (TPSA) is 107 Å². The lowest BCUT2D eigenvalue weighted by molar-refractivity contribution is 0.0956. The van der Waals surface area contributed by atoms with Crippen molar-refractivity contribution in [2.75, 3.05) is 19.4 Å². The molecule has 0 radical (unpaired) electrons. The number of ether oxygens (including phenoxy) is 1. The molecule has 0 atom stereocenters. The molecular formula is C31H32N6O2. The fourth-order valence-corrected chi connectivity index (χ4v) is 4.38. The zero-order valence-electron chi connectivity index (χ0n) is 22.6. The van der Waals surface area contributed by atoms with Crippen LogP contribution < -0.4 is 15.8 Å². The molecule has 2 heterocycles. The van der Waals surface area contributed by atoms with E-state index in [9.17, 15) is 4.79 Å². The van der Waals surface area contributed by atoms with Crippen LogP contribution in [0.3, 0.4) is 0 Å². The lowest BCUT2D eigenvalue weighted by atomic mass is 9.87. The number of nitrogen functional groups attached to an aromatic ring is 1. The smallest absolute Gasteiger partial charge is 0.257 e. The summed E-state index contributed by atoms with van der Waals surface area (Å²) in [5, 5.41) is 7.60. The highest BCUT2D eigenvalue weighted by Crippen LogP contribution is 2.28. The van der Waals surface area contributed by atoms with Crippen LogP contribution in [0.2, 0.25) is 0 Å². The largest absolute Gasteiger partial charge is 0.497 e. The lowest BCUT2D eigenvalue weighted by Crippen LogP contribution is -2.26. The van der Waals surface area contributed by atoms with E-state index in [1.165, 1.54) is 10.2 Å². The first kappa shape index (κ1) is 25.9. The van der Waals surface area contributed by atoms with Crippen molar-refractivity contribution in [3.8, 4) is 5.75 Å². The predicted molar refractivity (Wildman–Crippen MR) is 157 cm³/mol. The average Bonchev–Trinajstić information content (AvgIpc) is 3.20. The summed E-state index contributed by atoms with van der Waals surface area (Å²) in [4.78, 5) is 22.9. The molecule has 2 aromatic heterocycles. The highest BCUT2D eigenvalue weighted by Gasteiger charge is 2.24. The molecule has 0 saturated carbocycles. The Labute approximate surface area is 227 Å². The fourth-order valence-electron chi connectivity index (χ4n) is 4.38. The molecule has 0 aliphatic rings. The molecule has 8 nitrogen and oxygen atoms in total. The number of nitrogens with two attached hydrogens (primary N) is 1. The van der Waals surface area contributed by atoms with E-state index in [1.807, 2.05) is 60.7 Å². The molecule has 3 aromatic carbocycles. The second kappa shape index (κ2) is 10.6. The number of aromatic nitrogens is 3. The van der Waals surface area contributed by atoms with Crippen molar-refractivity contribution >= 4 is 40.1 Å². The number of para-hydroxylation sites is 2. The molecular weight excluding hydrogens is 488 g/mol. The maximum atomic E-state index is 13.4. The molecule has 5 rings (SSSR count). The highest BCUT2D eigenvalue weighted by molar-refractivity contribution is 6.10. The van der Waals surface area contributed by atoms with E-state index in [2.05, 4.69) is 43.3 Å². The first-order chi connectivity index (χ1) is 18.7. The number of carbonyl (C=O) groups is 1. The van der Waals surface area contributed by atoms with Crippen molar-refractivity contribution in [1.29, 1.82) is 0 Å². The molecule has 1 amide bonds. The third kappa shape index (κ3) is 5.45. The van der Waals surface area contributed by atoms with Gasteiger partial charge in [-0.05, 0) is 52.8 Å². The van der Waals surface area contributed by atoms with E-state index >= 15 is 0 Å². The number of methoxy groups -OCH3 is 1. The molecule has 0 spiro atoms. The Kier molecular flexibility index (Phi) is 7.02. The van der Waals surface area contributed by atoms with Crippen LogP contribution in [0.5, 0.6) is 5.75 Å². The minimum Gasteiger partial charge on any atom is -0.497 e. The van der Waals surface area contributed by atoms with E-state index in [0.29, 0.717) is 35.2 Å². The molecule has 198 valence electrons. The second-order valence-corrected chi connectivity index (χ2v) is 10.4.